The van der Waals surface area contributed by atoms with E-state index in [1.807, 2.05) is 19.1 Å². The van der Waals surface area contributed by atoms with E-state index in [0.717, 1.165) is 44.9 Å². The molecule has 2 heterocycles. The molecule has 0 radical (unpaired) electrons. The highest BCUT2D eigenvalue weighted by Gasteiger charge is 2.46. The maximum absolute atomic E-state index is 6.42. The van der Waals surface area contributed by atoms with Gasteiger partial charge < -0.3 is 8.83 Å². The van der Waals surface area contributed by atoms with Crippen molar-refractivity contribution >= 4 is 50.6 Å². The van der Waals surface area contributed by atoms with Gasteiger partial charge in [0.2, 0.25) is 0 Å². The summed E-state index contributed by atoms with van der Waals surface area (Å²) in [6, 6.07) is 72.6. The van der Waals surface area contributed by atoms with E-state index in [9.17, 15) is 0 Å². The Hall–Kier alpha value is -8.46. The smallest absolute Gasteiger partial charge is 0.143 e. The Bertz CT molecular complexity index is 4130. The number of rotatable bonds is 4. The van der Waals surface area contributed by atoms with E-state index in [1.54, 1.807) is 0 Å². The summed E-state index contributed by atoms with van der Waals surface area (Å²) in [6.07, 6.45) is 12.1. The van der Waals surface area contributed by atoms with Crippen LogP contribution >= 0.6 is 0 Å². The highest BCUT2D eigenvalue weighted by Crippen LogP contribution is 2.57. The van der Waals surface area contributed by atoms with E-state index in [0.29, 0.717) is 5.92 Å². The Kier molecular flexibility index (Phi) is 12.1. The number of hydrogen-bond acceptors (Lipinski definition) is 2. The van der Waals surface area contributed by atoms with Gasteiger partial charge in [-0.1, -0.05) is 244 Å². The van der Waals surface area contributed by atoms with Gasteiger partial charge in [0, 0.05) is 37.9 Å². The fraction of sp³-hybridized carbons (Fsp3) is 0.151. The molecule has 3 aliphatic carbocycles. The molecule has 0 N–H and O–H groups in total. The van der Waals surface area contributed by atoms with E-state index >= 15 is 0 Å². The fourth-order valence-corrected chi connectivity index (χ4v) is 12.5. The molecule has 0 amide bonds. The SMILES string of the molecule is C/C=c1\c(=C/C)oc2c(C3=CC(C)CC=C3)cccc12.Cc1ccc2c(c1)C(C)(C)c1ccccc1-2.Cc1ccc2c(c1)C(c1ccccc1)(c1ccccc1)c1ccc(-c3cccc4c3oc3ccccc34)cc1-2. The van der Waals surface area contributed by atoms with Crippen LogP contribution in [0.25, 0.3) is 84.0 Å². The zero-order valence-electron chi connectivity index (χ0n) is 44.0. The van der Waals surface area contributed by atoms with Gasteiger partial charge in [0.25, 0.3) is 0 Å². The van der Waals surface area contributed by atoms with Crippen molar-refractivity contribution < 1.29 is 8.83 Å². The Morgan fingerprint density at radius 1 is 0.467 bits per heavy atom. The molecule has 0 saturated carbocycles. The minimum atomic E-state index is -0.386. The maximum atomic E-state index is 6.42. The van der Waals surface area contributed by atoms with Crippen LogP contribution in [0.15, 0.2) is 227 Å². The second-order valence-corrected chi connectivity index (χ2v) is 21.2. The zero-order valence-corrected chi connectivity index (χ0v) is 44.0. The molecule has 0 spiro atoms. The molecule has 2 aromatic heterocycles. The summed E-state index contributed by atoms with van der Waals surface area (Å²) in [5, 5.41) is 4.70. The molecule has 2 nitrogen and oxygen atoms in total. The molecule has 3 aliphatic rings. The maximum Gasteiger partial charge on any atom is 0.143 e. The molecule has 0 aliphatic heterocycles. The minimum Gasteiger partial charge on any atom is -0.456 e. The van der Waals surface area contributed by atoms with Crippen molar-refractivity contribution in [1.29, 1.82) is 0 Å². The first kappa shape index (κ1) is 47.5. The van der Waals surface area contributed by atoms with Crippen molar-refractivity contribution in [2.75, 3.05) is 0 Å². The first-order valence-corrected chi connectivity index (χ1v) is 26.6. The van der Waals surface area contributed by atoms with Gasteiger partial charge in [-0.3, -0.25) is 0 Å². The van der Waals surface area contributed by atoms with E-state index < -0.39 is 0 Å². The molecule has 0 bridgehead atoms. The molecular formula is C73H62O2. The van der Waals surface area contributed by atoms with Crippen LogP contribution in [0.1, 0.15) is 91.1 Å². The molecule has 9 aromatic carbocycles. The Morgan fingerprint density at radius 3 is 1.76 bits per heavy atom. The summed E-state index contributed by atoms with van der Waals surface area (Å²) in [4.78, 5) is 0. The van der Waals surface area contributed by atoms with E-state index in [1.165, 1.54) is 94.1 Å². The number of hydrogen-bond donors (Lipinski definition) is 0. The summed E-state index contributed by atoms with van der Waals surface area (Å²) in [7, 11) is 0. The highest BCUT2D eigenvalue weighted by atomic mass is 16.3. The first-order chi connectivity index (χ1) is 36.6. The second kappa shape index (κ2) is 19.1. The predicted molar refractivity (Wildman–Crippen MR) is 317 cm³/mol. The Balaban J connectivity index is 0.000000131. The molecule has 366 valence electrons. The van der Waals surface area contributed by atoms with Crippen molar-refractivity contribution in [2.45, 2.75) is 65.7 Å². The van der Waals surface area contributed by atoms with Gasteiger partial charge in [-0.25, -0.2) is 0 Å². The minimum absolute atomic E-state index is 0.151. The fourth-order valence-electron chi connectivity index (χ4n) is 12.5. The molecule has 1 atom stereocenters. The van der Waals surface area contributed by atoms with Crippen molar-refractivity contribution in [1.82, 2.24) is 0 Å². The molecule has 0 fully saturated rings. The Labute approximate surface area is 441 Å². The van der Waals surface area contributed by atoms with Crippen LogP contribution in [0.5, 0.6) is 0 Å². The molecule has 0 saturated heterocycles. The standard InChI is InChI=1S/C38H26O.C19H20O.C16H16/c1-25-19-21-30-33-24-26(29-16-10-17-32-31-15-8-9-18-36(31)39-37(29)32)20-22-34(33)38(35(30)23-25,27-11-4-2-5-12-27)28-13-6-3-7-14-28;1-4-15-17-11-7-10-16(19(17)20-18(15)5-2)14-9-6-8-13(3)12-14;1-11-8-9-13-12-6-4-5-7-14(12)16(2,3)15(13)10-11/h2-24H,1H3;4-7,9-13H,8H2,1-3H3;4-10H,1-3H3/b;15-4-,18-5+;. The van der Waals surface area contributed by atoms with Gasteiger partial charge >= 0.3 is 0 Å². The van der Waals surface area contributed by atoms with Gasteiger partial charge in [0.1, 0.15) is 22.2 Å². The number of aryl methyl sites for hydroxylation is 2. The lowest BCUT2D eigenvalue weighted by atomic mass is 9.67. The number of furan rings is 2. The summed E-state index contributed by atoms with van der Waals surface area (Å²) >= 11 is 0. The topological polar surface area (TPSA) is 26.3 Å². The van der Waals surface area contributed by atoms with Crippen molar-refractivity contribution in [3.63, 3.8) is 0 Å². The molecule has 2 heteroatoms. The average molecular weight is 971 g/mol. The van der Waals surface area contributed by atoms with Crippen LogP contribution in [-0.4, -0.2) is 0 Å². The van der Waals surface area contributed by atoms with Crippen LogP contribution < -0.4 is 10.6 Å². The van der Waals surface area contributed by atoms with E-state index in [2.05, 4.69) is 260 Å². The highest BCUT2D eigenvalue weighted by molar-refractivity contribution is 6.10. The van der Waals surface area contributed by atoms with Crippen molar-refractivity contribution in [3.05, 3.63) is 279 Å². The zero-order chi connectivity index (χ0) is 51.4. The normalized spacial score (nSPS) is 15.9. The average Bonchev–Trinajstić information content (AvgIpc) is 4.19. The summed E-state index contributed by atoms with van der Waals surface area (Å²) in [5.74, 6) is 0.592. The van der Waals surface area contributed by atoms with E-state index in [4.69, 9.17) is 8.83 Å². The van der Waals surface area contributed by atoms with Gasteiger partial charge in [-0.2, -0.15) is 0 Å². The van der Waals surface area contributed by atoms with Crippen molar-refractivity contribution in [2.24, 2.45) is 5.92 Å². The molecule has 14 rings (SSSR count). The first-order valence-electron chi connectivity index (χ1n) is 26.6. The lowest BCUT2D eigenvalue weighted by Gasteiger charge is -2.34. The predicted octanol–water partition coefficient (Wildman–Crippen LogP) is 18.2. The Morgan fingerprint density at radius 2 is 1.05 bits per heavy atom. The number of allylic oxidation sites excluding steroid dienone is 4. The van der Waals surface area contributed by atoms with Crippen molar-refractivity contribution in [3.8, 4) is 33.4 Å². The lowest BCUT2D eigenvalue weighted by Crippen LogP contribution is -2.28. The molecule has 11 aromatic rings. The third kappa shape index (κ3) is 7.94. The number of para-hydroxylation sites is 3. The van der Waals surface area contributed by atoms with Crippen LogP contribution in [0.2, 0.25) is 0 Å². The summed E-state index contributed by atoms with van der Waals surface area (Å²) in [5.41, 5.74) is 24.5. The van der Waals surface area contributed by atoms with Crippen LogP contribution in [-0.2, 0) is 10.8 Å². The summed E-state index contributed by atoms with van der Waals surface area (Å²) in [6.45, 7) is 15.3. The quantitative estimate of drug-likeness (QED) is 0.176. The number of fused-ring (bicyclic) bond motifs is 10. The van der Waals surface area contributed by atoms with Gasteiger partial charge in [0.15, 0.2) is 0 Å². The van der Waals surface area contributed by atoms with Gasteiger partial charge in [-0.05, 0) is 125 Å². The van der Waals surface area contributed by atoms with Crippen LogP contribution in [0.3, 0.4) is 0 Å². The molecule has 1 unspecified atom stereocenters. The second-order valence-electron chi connectivity index (χ2n) is 21.2. The molecule has 75 heavy (non-hydrogen) atoms. The molecular weight excluding hydrogens is 909 g/mol. The lowest BCUT2D eigenvalue weighted by molar-refractivity contribution is 0.574. The van der Waals surface area contributed by atoms with Gasteiger partial charge in [0.05, 0.1) is 5.41 Å². The largest absolute Gasteiger partial charge is 0.456 e. The third-order valence-electron chi connectivity index (χ3n) is 16.1. The van der Waals surface area contributed by atoms with Gasteiger partial charge in [-0.15, -0.1) is 0 Å². The third-order valence-corrected chi connectivity index (χ3v) is 16.1. The van der Waals surface area contributed by atoms with E-state index in [-0.39, 0.29) is 10.8 Å². The monoisotopic (exact) mass is 970 g/mol. The van der Waals surface area contributed by atoms with Crippen LogP contribution in [0.4, 0.5) is 0 Å². The summed E-state index contributed by atoms with van der Waals surface area (Å²) < 4.78 is 12.5. The van der Waals surface area contributed by atoms with Crippen LogP contribution in [0, 0.1) is 19.8 Å². The number of benzene rings is 9.